The van der Waals surface area contributed by atoms with Crippen LogP contribution in [0.1, 0.15) is 25.0 Å². The molecule has 0 aliphatic rings. The van der Waals surface area contributed by atoms with Crippen molar-refractivity contribution < 1.29 is 14.4 Å². The Morgan fingerprint density at radius 2 is 1.81 bits per heavy atom. The highest BCUT2D eigenvalue weighted by atomic mass is 16.7. The van der Waals surface area contributed by atoms with E-state index < -0.39 is 5.97 Å². The third-order valence-corrected chi connectivity index (χ3v) is 2.00. The fraction of sp³-hybridized carbons (Fsp3) is 0.250. The van der Waals surface area contributed by atoms with Gasteiger partial charge in [0.2, 0.25) is 0 Å². The summed E-state index contributed by atoms with van der Waals surface area (Å²) < 4.78 is 0. The zero-order valence-electron chi connectivity index (χ0n) is 9.48. The fourth-order valence-corrected chi connectivity index (χ4v) is 1.25. The van der Waals surface area contributed by atoms with E-state index in [4.69, 9.17) is 0 Å². The lowest BCUT2D eigenvalue weighted by Crippen LogP contribution is -2.14. The van der Waals surface area contributed by atoms with Crippen molar-refractivity contribution in [2.45, 2.75) is 20.8 Å². The Bertz CT molecular complexity index is 449. The molecular formula is C12H13NO3. The molecule has 4 nitrogen and oxygen atoms in total. The molecule has 0 aromatic heterocycles. The summed E-state index contributed by atoms with van der Waals surface area (Å²) >= 11 is 0. The van der Waals surface area contributed by atoms with E-state index in [1.165, 1.54) is 13.8 Å². The first-order chi connectivity index (χ1) is 7.52. The molecule has 1 rings (SSSR count). The highest BCUT2D eigenvalue weighted by Gasteiger charge is 2.12. The topological polar surface area (TPSA) is 55.7 Å². The summed E-state index contributed by atoms with van der Waals surface area (Å²) in [6.07, 6.45) is 0. The number of hydrogen-bond acceptors (Lipinski definition) is 4. The smallest absolute Gasteiger partial charge is 0.318 e. The number of aryl methyl sites for hydroxylation is 1. The molecule has 0 bridgehead atoms. The zero-order chi connectivity index (χ0) is 12.1. The lowest BCUT2D eigenvalue weighted by molar-refractivity contribution is -0.140. The Kier molecular flexibility index (Phi) is 3.94. The number of carbonyl (C=O) groups excluding carboxylic acids is 2. The molecule has 0 fully saturated rings. The first-order valence-corrected chi connectivity index (χ1v) is 4.85. The minimum atomic E-state index is -0.549. The van der Waals surface area contributed by atoms with Gasteiger partial charge in [0, 0.05) is 19.4 Å². The third kappa shape index (κ3) is 3.02. The van der Waals surface area contributed by atoms with Crippen molar-refractivity contribution in [2.24, 2.45) is 5.16 Å². The number of nitrogens with zero attached hydrogens (tertiary/aromatic N) is 1. The maximum atomic E-state index is 11.4. The summed E-state index contributed by atoms with van der Waals surface area (Å²) in [6, 6.07) is 7.29. The molecular weight excluding hydrogens is 206 g/mol. The van der Waals surface area contributed by atoms with E-state index >= 15 is 0 Å². The molecule has 4 heteroatoms. The van der Waals surface area contributed by atoms with E-state index in [1.807, 2.05) is 19.1 Å². The third-order valence-electron chi connectivity index (χ3n) is 2.00. The molecule has 0 saturated carbocycles. The minimum absolute atomic E-state index is 0.160. The largest absolute Gasteiger partial charge is 0.332 e. The van der Waals surface area contributed by atoms with Crippen molar-refractivity contribution in [2.75, 3.05) is 0 Å². The second-order valence-electron chi connectivity index (χ2n) is 3.39. The van der Waals surface area contributed by atoms with Crippen LogP contribution in [-0.4, -0.2) is 17.5 Å². The van der Waals surface area contributed by atoms with E-state index in [-0.39, 0.29) is 11.5 Å². The van der Waals surface area contributed by atoms with Gasteiger partial charge in [0.25, 0.3) is 0 Å². The first kappa shape index (κ1) is 12.1. The van der Waals surface area contributed by atoms with Crippen LogP contribution in [0.5, 0.6) is 0 Å². The van der Waals surface area contributed by atoms with Crippen LogP contribution in [-0.2, 0) is 14.4 Å². The molecule has 0 aliphatic carbocycles. The summed E-state index contributed by atoms with van der Waals surface area (Å²) in [4.78, 5) is 26.5. The van der Waals surface area contributed by atoms with Gasteiger partial charge in [-0.3, -0.25) is 4.79 Å². The number of benzene rings is 1. The number of ketones is 1. The molecule has 0 N–H and O–H groups in total. The zero-order valence-corrected chi connectivity index (χ0v) is 9.48. The van der Waals surface area contributed by atoms with Crippen LogP contribution in [0.25, 0.3) is 0 Å². The minimum Gasteiger partial charge on any atom is -0.318 e. The monoisotopic (exact) mass is 219 g/mol. The SMILES string of the molecule is CC(=O)O/N=C(\C(C)=O)c1ccccc1C. The Morgan fingerprint density at radius 3 is 2.31 bits per heavy atom. The van der Waals surface area contributed by atoms with Crippen molar-refractivity contribution in [3.8, 4) is 0 Å². The maximum Gasteiger partial charge on any atom is 0.332 e. The van der Waals surface area contributed by atoms with Gasteiger partial charge in [-0.2, -0.15) is 0 Å². The average molecular weight is 219 g/mol. The normalized spacial score (nSPS) is 11.1. The predicted octanol–water partition coefficient (Wildman–Crippen LogP) is 1.85. The van der Waals surface area contributed by atoms with Gasteiger partial charge >= 0.3 is 5.97 Å². The van der Waals surface area contributed by atoms with Gasteiger partial charge in [0.05, 0.1) is 0 Å². The van der Waals surface area contributed by atoms with E-state index in [0.29, 0.717) is 5.56 Å². The highest BCUT2D eigenvalue weighted by Crippen LogP contribution is 2.09. The molecule has 0 unspecified atom stereocenters. The standard InChI is InChI=1S/C12H13NO3/c1-8-6-4-5-7-11(8)12(9(2)14)13-16-10(3)15/h4-7H,1-3H3/b13-12+. The van der Waals surface area contributed by atoms with Crippen LogP contribution < -0.4 is 0 Å². The molecule has 0 heterocycles. The summed E-state index contributed by atoms with van der Waals surface area (Å²) in [7, 11) is 0. The van der Waals surface area contributed by atoms with Gasteiger partial charge in [-0.25, -0.2) is 4.79 Å². The molecule has 0 aliphatic heterocycles. The molecule has 1 aromatic rings. The van der Waals surface area contributed by atoms with Gasteiger partial charge < -0.3 is 4.84 Å². The lowest BCUT2D eigenvalue weighted by Gasteiger charge is -2.05. The molecule has 0 saturated heterocycles. The van der Waals surface area contributed by atoms with Crippen molar-refractivity contribution in [1.82, 2.24) is 0 Å². The second-order valence-corrected chi connectivity index (χ2v) is 3.39. The van der Waals surface area contributed by atoms with Crippen LogP contribution in [0.2, 0.25) is 0 Å². The van der Waals surface area contributed by atoms with Gasteiger partial charge in [0.1, 0.15) is 0 Å². The van der Waals surface area contributed by atoms with Crippen LogP contribution >= 0.6 is 0 Å². The van der Waals surface area contributed by atoms with Gasteiger partial charge in [0.15, 0.2) is 11.5 Å². The van der Waals surface area contributed by atoms with Gasteiger partial charge in [-0.15, -0.1) is 0 Å². The molecule has 0 radical (unpaired) electrons. The fourth-order valence-electron chi connectivity index (χ4n) is 1.25. The summed E-state index contributed by atoms with van der Waals surface area (Å²) in [5.74, 6) is -0.789. The number of Topliss-reactive ketones (excluding diaryl/α,β-unsaturated/α-hetero) is 1. The summed E-state index contributed by atoms with van der Waals surface area (Å²) in [5, 5.41) is 3.57. The summed E-state index contributed by atoms with van der Waals surface area (Å²) in [5.41, 5.74) is 1.74. The van der Waals surface area contributed by atoms with Gasteiger partial charge in [-0.05, 0) is 12.5 Å². The molecule has 1 aromatic carbocycles. The maximum absolute atomic E-state index is 11.4. The lowest BCUT2D eigenvalue weighted by atomic mass is 10.0. The highest BCUT2D eigenvalue weighted by molar-refractivity contribution is 6.45. The van der Waals surface area contributed by atoms with Crippen molar-refractivity contribution in [3.63, 3.8) is 0 Å². The molecule has 0 atom stereocenters. The van der Waals surface area contributed by atoms with Gasteiger partial charge in [-0.1, -0.05) is 29.4 Å². The Hall–Kier alpha value is -1.97. The van der Waals surface area contributed by atoms with E-state index in [0.717, 1.165) is 5.56 Å². The quantitative estimate of drug-likeness (QED) is 0.443. The number of rotatable bonds is 3. The average Bonchev–Trinajstić information content (AvgIpc) is 2.20. The van der Waals surface area contributed by atoms with E-state index in [9.17, 15) is 9.59 Å². The van der Waals surface area contributed by atoms with Crippen molar-refractivity contribution >= 4 is 17.5 Å². The second kappa shape index (κ2) is 5.21. The van der Waals surface area contributed by atoms with Crippen LogP contribution in [0, 0.1) is 6.92 Å². The van der Waals surface area contributed by atoms with Crippen LogP contribution in [0.3, 0.4) is 0 Å². The number of carbonyl (C=O) groups is 2. The predicted molar refractivity (Wildman–Crippen MR) is 60.2 cm³/mol. The van der Waals surface area contributed by atoms with Crippen LogP contribution in [0.15, 0.2) is 29.4 Å². The molecule has 0 amide bonds. The number of hydrogen-bond donors (Lipinski definition) is 0. The van der Waals surface area contributed by atoms with Crippen LogP contribution in [0.4, 0.5) is 0 Å². The molecule has 16 heavy (non-hydrogen) atoms. The Morgan fingerprint density at radius 1 is 1.19 bits per heavy atom. The summed E-state index contributed by atoms with van der Waals surface area (Å²) in [6.45, 7) is 4.48. The molecule has 0 spiro atoms. The Labute approximate surface area is 93.9 Å². The van der Waals surface area contributed by atoms with Crippen molar-refractivity contribution in [3.05, 3.63) is 35.4 Å². The van der Waals surface area contributed by atoms with E-state index in [1.54, 1.807) is 12.1 Å². The number of oxime groups is 1. The van der Waals surface area contributed by atoms with Crippen molar-refractivity contribution in [1.29, 1.82) is 0 Å². The molecule has 84 valence electrons. The first-order valence-electron chi connectivity index (χ1n) is 4.85. The Balaban J connectivity index is 3.13. The van der Waals surface area contributed by atoms with E-state index in [2.05, 4.69) is 9.99 Å².